The molecule has 0 spiro atoms. The molecular weight excluding hydrogens is 451 g/mol. The van der Waals surface area contributed by atoms with E-state index >= 15 is 0 Å². The Morgan fingerprint density at radius 2 is 1.77 bits per heavy atom. The standard InChI is InChI=1S/C20H20Cl2N2O5S/c21-14-7-8-18(22)17(11-14)20(26)29-13-19(25)23-15-5-4-6-16(12-15)30(27,28)24-9-2-1-3-10-24/h4-8,11-12H,1-3,9-10,13H2,(H,23,25). The topological polar surface area (TPSA) is 92.8 Å². The van der Waals surface area contributed by atoms with E-state index in [1.54, 1.807) is 12.1 Å². The Morgan fingerprint density at radius 1 is 1.03 bits per heavy atom. The van der Waals surface area contributed by atoms with Crippen LogP contribution in [-0.2, 0) is 19.6 Å². The first kappa shape index (κ1) is 22.6. The van der Waals surface area contributed by atoms with E-state index in [2.05, 4.69) is 5.32 Å². The molecule has 0 radical (unpaired) electrons. The van der Waals surface area contributed by atoms with Crippen LogP contribution in [-0.4, -0.2) is 44.3 Å². The summed E-state index contributed by atoms with van der Waals surface area (Å²) in [5.41, 5.74) is 0.335. The second-order valence-electron chi connectivity index (χ2n) is 6.74. The van der Waals surface area contributed by atoms with Crippen molar-refractivity contribution in [2.75, 3.05) is 25.0 Å². The maximum absolute atomic E-state index is 12.8. The van der Waals surface area contributed by atoms with Gasteiger partial charge in [-0.25, -0.2) is 13.2 Å². The third kappa shape index (κ3) is 5.51. The number of anilines is 1. The van der Waals surface area contributed by atoms with Crippen LogP contribution in [0.15, 0.2) is 47.4 Å². The number of nitrogens with one attached hydrogen (secondary N) is 1. The van der Waals surface area contributed by atoms with Crippen LogP contribution in [0.25, 0.3) is 0 Å². The highest BCUT2D eigenvalue weighted by Crippen LogP contribution is 2.23. The highest BCUT2D eigenvalue weighted by Gasteiger charge is 2.26. The average Bonchev–Trinajstić information content (AvgIpc) is 2.74. The molecule has 7 nitrogen and oxygen atoms in total. The van der Waals surface area contributed by atoms with Crippen molar-refractivity contribution >= 4 is 50.8 Å². The second kappa shape index (κ2) is 9.78. The summed E-state index contributed by atoms with van der Waals surface area (Å²) in [7, 11) is -3.62. The highest BCUT2D eigenvalue weighted by molar-refractivity contribution is 7.89. The minimum atomic E-state index is -3.62. The number of hydrogen-bond acceptors (Lipinski definition) is 5. The predicted molar refractivity (Wildman–Crippen MR) is 114 cm³/mol. The van der Waals surface area contributed by atoms with Crippen LogP contribution in [0.4, 0.5) is 5.69 Å². The van der Waals surface area contributed by atoms with Gasteiger partial charge in [0.2, 0.25) is 10.0 Å². The zero-order valence-electron chi connectivity index (χ0n) is 15.9. The van der Waals surface area contributed by atoms with Gasteiger partial charge in [-0.15, -0.1) is 0 Å². The number of halogens is 2. The third-order valence-corrected chi connectivity index (χ3v) is 7.01. The van der Waals surface area contributed by atoms with Gasteiger partial charge in [-0.1, -0.05) is 35.7 Å². The summed E-state index contributed by atoms with van der Waals surface area (Å²) in [6.45, 7) is 0.409. The van der Waals surface area contributed by atoms with Crippen molar-refractivity contribution in [1.82, 2.24) is 4.31 Å². The van der Waals surface area contributed by atoms with E-state index < -0.39 is 28.5 Å². The molecule has 0 aliphatic carbocycles. The summed E-state index contributed by atoms with van der Waals surface area (Å²) in [6.07, 6.45) is 2.68. The summed E-state index contributed by atoms with van der Waals surface area (Å²) in [6, 6.07) is 10.3. The molecule has 3 rings (SSSR count). The SMILES string of the molecule is O=C(COC(=O)c1cc(Cl)ccc1Cl)Nc1cccc(S(=O)(=O)N2CCCCC2)c1. The molecule has 0 aromatic heterocycles. The van der Waals surface area contributed by atoms with Crippen LogP contribution in [0.2, 0.25) is 10.0 Å². The number of rotatable bonds is 6. The molecular formula is C20H20Cl2N2O5S. The lowest BCUT2D eigenvalue weighted by Gasteiger charge is -2.26. The van der Waals surface area contributed by atoms with E-state index in [-0.39, 0.29) is 21.2 Å². The maximum atomic E-state index is 12.8. The molecule has 1 aliphatic rings. The molecule has 0 unspecified atom stereocenters. The van der Waals surface area contributed by atoms with Crippen LogP contribution in [0.1, 0.15) is 29.6 Å². The Morgan fingerprint density at radius 3 is 2.50 bits per heavy atom. The first-order chi connectivity index (χ1) is 14.3. The van der Waals surface area contributed by atoms with Gasteiger partial charge in [0.05, 0.1) is 15.5 Å². The molecule has 1 amide bonds. The summed E-state index contributed by atoms with van der Waals surface area (Å²) < 4.78 is 32.0. The maximum Gasteiger partial charge on any atom is 0.340 e. The number of esters is 1. The highest BCUT2D eigenvalue weighted by atomic mass is 35.5. The number of amides is 1. The summed E-state index contributed by atoms with van der Waals surface area (Å²) in [5, 5.41) is 2.99. The minimum Gasteiger partial charge on any atom is -0.452 e. The van der Waals surface area contributed by atoms with Crippen molar-refractivity contribution in [3.05, 3.63) is 58.1 Å². The average molecular weight is 471 g/mol. The van der Waals surface area contributed by atoms with Gasteiger partial charge in [-0.3, -0.25) is 4.79 Å². The van der Waals surface area contributed by atoms with Gasteiger partial charge in [0.1, 0.15) is 0 Å². The van der Waals surface area contributed by atoms with E-state index in [0.29, 0.717) is 18.1 Å². The number of carbonyl (C=O) groups is 2. The fourth-order valence-corrected chi connectivity index (χ4v) is 4.98. The quantitative estimate of drug-likeness (QED) is 0.644. The molecule has 160 valence electrons. The monoisotopic (exact) mass is 470 g/mol. The van der Waals surface area contributed by atoms with E-state index in [1.807, 2.05) is 0 Å². The third-order valence-electron chi connectivity index (χ3n) is 4.55. The minimum absolute atomic E-state index is 0.0478. The van der Waals surface area contributed by atoms with Gasteiger partial charge in [0.25, 0.3) is 5.91 Å². The second-order valence-corrected chi connectivity index (χ2v) is 9.52. The van der Waals surface area contributed by atoms with E-state index in [9.17, 15) is 18.0 Å². The Hall–Kier alpha value is -2.13. The van der Waals surface area contributed by atoms with Gasteiger partial charge in [-0.05, 0) is 49.2 Å². The largest absolute Gasteiger partial charge is 0.452 e. The molecule has 1 saturated heterocycles. The number of nitrogens with zero attached hydrogens (tertiary/aromatic N) is 1. The molecule has 1 heterocycles. The number of ether oxygens (including phenoxy) is 1. The normalized spacial score (nSPS) is 14.9. The molecule has 0 atom stereocenters. The first-order valence-corrected chi connectivity index (χ1v) is 11.5. The number of piperidine rings is 1. The van der Waals surface area contributed by atoms with Crippen molar-refractivity contribution in [3.8, 4) is 0 Å². The van der Waals surface area contributed by atoms with Gasteiger partial charge in [0.15, 0.2) is 6.61 Å². The molecule has 1 aliphatic heterocycles. The molecule has 1 fully saturated rings. The van der Waals surface area contributed by atoms with E-state index in [1.165, 1.54) is 34.6 Å². The van der Waals surface area contributed by atoms with Crippen molar-refractivity contribution in [1.29, 1.82) is 0 Å². The lowest BCUT2D eigenvalue weighted by Crippen LogP contribution is -2.35. The predicted octanol–water partition coefficient (Wildman–Crippen LogP) is 3.96. The lowest BCUT2D eigenvalue weighted by molar-refractivity contribution is -0.119. The Labute approximate surface area is 185 Å². The van der Waals surface area contributed by atoms with Gasteiger partial charge < -0.3 is 10.1 Å². The van der Waals surface area contributed by atoms with Crippen molar-refractivity contribution < 1.29 is 22.7 Å². The molecule has 2 aromatic carbocycles. The van der Waals surface area contributed by atoms with Gasteiger partial charge in [-0.2, -0.15) is 4.31 Å². The summed E-state index contributed by atoms with van der Waals surface area (Å²) in [5.74, 6) is -1.41. The van der Waals surface area contributed by atoms with Gasteiger partial charge >= 0.3 is 5.97 Å². The smallest absolute Gasteiger partial charge is 0.340 e. The number of sulfonamides is 1. The van der Waals surface area contributed by atoms with Crippen LogP contribution >= 0.6 is 23.2 Å². The van der Waals surface area contributed by atoms with Crippen molar-refractivity contribution in [2.24, 2.45) is 0 Å². The fraction of sp³-hybridized carbons (Fsp3) is 0.300. The zero-order valence-corrected chi connectivity index (χ0v) is 18.3. The molecule has 1 N–H and O–H groups in total. The molecule has 0 bridgehead atoms. The first-order valence-electron chi connectivity index (χ1n) is 9.29. The van der Waals surface area contributed by atoms with Crippen LogP contribution < -0.4 is 5.32 Å². The number of benzene rings is 2. The van der Waals surface area contributed by atoms with Gasteiger partial charge in [0, 0.05) is 23.8 Å². The van der Waals surface area contributed by atoms with Crippen LogP contribution in [0.3, 0.4) is 0 Å². The number of hydrogen-bond donors (Lipinski definition) is 1. The Bertz CT molecular complexity index is 1050. The molecule has 30 heavy (non-hydrogen) atoms. The Kier molecular flexibility index (Phi) is 7.36. The van der Waals surface area contributed by atoms with E-state index in [0.717, 1.165) is 19.3 Å². The number of carbonyl (C=O) groups excluding carboxylic acids is 2. The molecule has 10 heteroatoms. The van der Waals surface area contributed by atoms with E-state index in [4.69, 9.17) is 27.9 Å². The van der Waals surface area contributed by atoms with Crippen LogP contribution in [0, 0.1) is 0 Å². The zero-order chi connectivity index (χ0) is 21.7. The molecule has 2 aromatic rings. The lowest BCUT2D eigenvalue weighted by atomic mass is 10.2. The molecule has 0 saturated carbocycles. The summed E-state index contributed by atoms with van der Waals surface area (Å²) in [4.78, 5) is 24.4. The van der Waals surface area contributed by atoms with Crippen molar-refractivity contribution in [2.45, 2.75) is 24.2 Å². The Balaban J connectivity index is 1.62. The van der Waals surface area contributed by atoms with Crippen molar-refractivity contribution in [3.63, 3.8) is 0 Å². The summed E-state index contributed by atoms with van der Waals surface area (Å²) >= 11 is 11.8. The van der Waals surface area contributed by atoms with Crippen LogP contribution in [0.5, 0.6) is 0 Å². The fourth-order valence-electron chi connectivity index (χ4n) is 3.05.